The summed E-state index contributed by atoms with van der Waals surface area (Å²) in [5.41, 5.74) is 1.52. The van der Waals surface area contributed by atoms with Gasteiger partial charge in [-0.05, 0) is 37.3 Å². The molecule has 1 saturated carbocycles. The zero-order valence-corrected chi connectivity index (χ0v) is 10.4. The molecule has 1 N–H and O–H groups in total. The highest BCUT2D eigenvalue weighted by Gasteiger charge is 2.24. The second-order valence-corrected chi connectivity index (χ2v) is 4.71. The summed E-state index contributed by atoms with van der Waals surface area (Å²) in [7, 11) is 1.65. The van der Waals surface area contributed by atoms with E-state index in [1.165, 1.54) is 12.8 Å². The normalized spacial score (nSPS) is 17.1. The van der Waals surface area contributed by atoms with E-state index in [2.05, 4.69) is 10.3 Å². The molecule has 0 aliphatic heterocycles. The molecule has 3 nitrogen and oxygen atoms in total. The molecule has 0 aromatic carbocycles. The van der Waals surface area contributed by atoms with Crippen molar-refractivity contribution in [3.8, 4) is 0 Å². The summed E-state index contributed by atoms with van der Waals surface area (Å²) in [6, 6.07) is 1.83. The third-order valence-corrected chi connectivity index (χ3v) is 3.02. The van der Waals surface area contributed by atoms with E-state index in [1.54, 1.807) is 19.4 Å². The van der Waals surface area contributed by atoms with Gasteiger partial charge >= 0.3 is 0 Å². The molecular formula is C13H19FN2O. The average Bonchev–Trinajstić information content (AvgIpc) is 3.11. The molecule has 0 unspecified atom stereocenters. The fourth-order valence-electron chi connectivity index (χ4n) is 1.83. The Bertz CT molecular complexity index is 380. The molecule has 0 saturated heterocycles. The fraction of sp³-hybridized carbons (Fsp3) is 0.615. The lowest BCUT2D eigenvalue weighted by Gasteiger charge is -2.12. The number of pyridine rings is 1. The maximum absolute atomic E-state index is 13.7. The first-order chi connectivity index (χ1) is 8.20. The quantitative estimate of drug-likeness (QED) is 0.825. The van der Waals surface area contributed by atoms with Crippen LogP contribution in [0.2, 0.25) is 0 Å². The summed E-state index contributed by atoms with van der Waals surface area (Å²) < 4.78 is 18.7. The van der Waals surface area contributed by atoms with Gasteiger partial charge in [0, 0.05) is 25.9 Å². The number of rotatable bonds is 6. The third-order valence-electron chi connectivity index (χ3n) is 3.02. The number of hydrogen-bond donors (Lipinski definition) is 1. The van der Waals surface area contributed by atoms with Crippen molar-refractivity contribution < 1.29 is 9.13 Å². The van der Waals surface area contributed by atoms with Crippen molar-refractivity contribution in [2.75, 3.05) is 13.7 Å². The van der Waals surface area contributed by atoms with Crippen molar-refractivity contribution in [2.45, 2.75) is 38.3 Å². The van der Waals surface area contributed by atoms with Gasteiger partial charge in [0.15, 0.2) is 0 Å². The number of ether oxygens (including phenoxy) is 1. The summed E-state index contributed by atoms with van der Waals surface area (Å²) in [5, 5.41) is 3.18. The standard InChI is InChI=1S/C13H19FN2O/c1-9(8-17-2)15-7-13-12(14)5-11(6-16-13)10-3-4-10/h5-6,9-10,15H,3-4,7-8H2,1-2H3/t9-/m1/s1. The highest BCUT2D eigenvalue weighted by Crippen LogP contribution is 2.39. The molecule has 1 aliphatic rings. The molecule has 2 rings (SSSR count). The van der Waals surface area contributed by atoms with Crippen molar-refractivity contribution in [1.82, 2.24) is 10.3 Å². The number of halogens is 1. The largest absolute Gasteiger partial charge is 0.383 e. The highest BCUT2D eigenvalue weighted by atomic mass is 19.1. The van der Waals surface area contributed by atoms with Crippen molar-refractivity contribution in [3.63, 3.8) is 0 Å². The minimum Gasteiger partial charge on any atom is -0.383 e. The van der Waals surface area contributed by atoms with Crippen LogP contribution in [0.5, 0.6) is 0 Å². The lowest BCUT2D eigenvalue weighted by molar-refractivity contribution is 0.171. The van der Waals surface area contributed by atoms with Crippen molar-refractivity contribution in [1.29, 1.82) is 0 Å². The predicted molar refractivity (Wildman–Crippen MR) is 64.3 cm³/mol. The van der Waals surface area contributed by atoms with E-state index in [0.29, 0.717) is 24.8 Å². The van der Waals surface area contributed by atoms with Crippen molar-refractivity contribution in [3.05, 3.63) is 29.3 Å². The molecule has 0 bridgehead atoms. The molecule has 1 aromatic heterocycles. The average molecular weight is 238 g/mol. The minimum atomic E-state index is -0.202. The molecule has 1 aliphatic carbocycles. The summed E-state index contributed by atoms with van der Waals surface area (Å²) in [6.07, 6.45) is 4.14. The van der Waals surface area contributed by atoms with Gasteiger partial charge in [0.2, 0.25) is 0 Å². The maximum Gasteiger partial charge on any atom is 0.146 e. The maximum atomic E-state index is 13.7. The Balaban J connectivity index is 1.91. The molecule has 94 valence electrons. The number of methoxy groups -OCH3 is 1. The Morgan fingerprint density at radius 2 is 2.35 bits per heavy atom. The van der Waals surface area contributed by atoms with Crippen LogP contribution in [0.25, 0.3) is 0 Å². The molecule has 1 heterocycles. The first-order valence-corrected chi connectivity index (χ1v) is 6.07. The van der Waals surface area contributed by atoms with E-state index < -0.39 is 0 Å². The van der Waals surface area contributed by atoms with Gasteiger partial charge in [-0.2, -0.15) is 0 Å². The number of nitrogens with zero attached hydrogens (tertiary/aromatic N) is 1. The second-order valence-electron chi connectivity index (χ2n) is 4.71. The van der Waals surface area contributed by atoms with E-state index in [1.807, 2.05) is 6.92 Å². The van der Waals surface area contributed by atoms with Crippen LogP contribution >= 0.6 is 0 Å². The zero-order valence-electron chi connectivity index (χ0n) is 10.4. The summed E-state index contributed by atoms with van der Waals surface area (Å²) in [4.78, 5) is 4.19. The molecule has 0 radical (unpaired) electrons. The SMILES string of the molecule is COC[C@@H](C)NCc1ncc(C2CC2)cc1F. The van der Waals surface area contributed by atoms with E-state index in [9.17, 15) is 4.39 Å². The molecule has 17 heavy (non-hydrogen) atoms. The number of nitrogens with one attached hydrogen (secondary N) is 1. The van der Waals surface area contributed by atoms with Gasteiger partial charge in [0.1, 0.15) is 5.82 Å². The topological polar surface area (TPSA) is 34.1 Å². The molecule has 0 amide bonds. The zero-order chi connectivity index (χ0) is 12.3. The van der Waals surface area contributed by atoms with E-state index >= 15 is 0 Å². The Kier molecular flexibility index (Phi) is 4.07. The summed E-state index contributed by atoms with van der Waals surface area (Å²) >= 11 is 0. The monoisotopic (exact) mass is 238 g/mol. The van der Waals surface area contributed by atoms with Gasteiger partial charge in [-0.1, -0.05) is 0 Å². The molecule has 1 atom stereocenters. The minimum absolute atomic E-state index is 0.198. The lowest BCUT2D eigenvalue weighted by atomic mass is 10.1. The Hall–Kier alpha value is -1.00. The van der Waals surface area contributed by atoms with Crippen LogP contribution in [-0.2, 0) is 11.3 Å². The first-order valence-electron chi connectivity index (χ1n) is 6.07. The Morgan fingerprint density at radius 1 is 1.59 bits per heavy atom. The van der Waals surface area contributed by atoms with Crippen LogP contribution in [0, 0.1) is 5.82 Å². The van der Waals surface area contributed by atoms with Gasteiger partial charge < -0.3 is 10.1 Å². The van der Waals surface area contributed by atoms with Crippen molar-refractivity contribution in [2.24, 2.45) is 0 Å². The Morgan fingerprint density at radius 3 is 2.94 bits per heavy atom. The first kappa shape index (κ1) is 12.5. The molecular weight excluding hydrogens is 219 g/mol. The highest BCUT2D eigenvalue weighted by molar-refractivity contribution is 5.23. The van der Waals surface area contributed by atoms with Crippen molar-refractivity contribution >= 4 is 0 Å². The van der Waals surface area contributed by atoms with Gasteiger partial charge in [0.25, 0.3) is 0 Å². The summed E-state index contributed by atoms with van der Waals surface area (Å²) in [6.45, 7) is 3.06. The molecule has 0 spiro atoms. The second kappa shape index (κ2) is 5.56. The molecule has 1 aromatic rings. The van der Waals surface area contributed by atoms with E-state index in [4.69, 9.17) is 4.74 Å². The smallest absolute Gasteiger partial charge is 0.146 e. The van der Waals surface area contributed by atoms with Gasteiger partial charge in [-0.15, -0.1) is 0 Å². The number of hydrogen-bond acceptors (Lipinski definition) is 3. The molecule has 1 fully saturated rings. The Labute approximate surface area is 101 Å². The molecule has 4 heteroatoms. The van der Waals surface area contributed by atoms with Crippen LogP contribution in [0.15, 0.2) is 12.3 Å². The van der Waals surface area contributed by atoms with E-state index in [0.717, 1.165) is 5.56 Å². The van der Waals surface area contributed by atoms with E-state index in [-0.39, 0.29) is 11.9 Å². The van der Waals surface area contributed by atoms with Crippen LogP contribution in [0.4, 0.5) is 4.39 Å². The van der Waals surface area contributed by atoms with Crippen LogP contribution in [-0.4, -0.2) is 24.7 Å². The van der Waals surface area contributed by atoms with Crippen LogP contribution < -0.4 is 5.32 Å². The lowest BCUT2D eigenvalue weighted by Crippen LogP contribution is -2.30. The predicted octanol–water partition coefficient (Wildman–Crippen LogP) is 2.22. The summed E-state index contributed by atoms with van der Waals surface area (Å²) in [5.74, 6) is 0.345. The third kappa shape index (κ3) is 3.48. The van der Waals surface area contributed by atoms with Gasteiger partial charge in [0.05, 0.1) is 12.3 Å². The van der Waals surface area contributed by atoms with Crippen LogP contribution in [0.3, 0.4) is 0 Å². The van der Waals surface area contributed by atoms with Gasteiger partial charge in [-0.25, -0.2) is 4.39 Å². The fourth-order valence-corrected chi connectivity index (χ4v) is 1.83. The van der Waals surface area contributed by atoms with Gasteiger partial charge in [-0.3, -0.25) is 4.98 Å². The number of aromatic nitrogens is 1. The van der Waals surface area contributed by atoms with Crippen LogP contribution in [0.1, 0.15) is 36.9 Å².